The second-order valence-corrected chi connectivity index (χ2v) is 12.0. The van der Waals surface area contributed by atoms with E-state index in [9.17, 15) is 29.4 Å². The van der Waals surface area contributed by atoms with Gasteiger partial charge in [-0.25, -0.2) is 9.78 Å². The van der Waals surface area contributed by atoms with Crippen molar-refractivity contribution in [3.63, 3.8) is 0 Å². The van der Waals surface area contributed by atoms with Crippen LogP contribution in [0.2, 0.25) is 0 Å². The van der Waals surface area contributed by atoms with Gasteiger partial charge in [0.1, 0.15) is 23.9 Å². The van der Waals surface area contributed by atoms with Gasteiger partial charge in [0.15, 0.2) is 0 Å². The summed E-state index contributed by atoms with van der Waals surface area (Å²) >= 11 is 1.34. The van der Waals surface area contributed by atoms with Crippen molar-refractivity contribution >= 4 is 35.0 Å². The number of phenols is 1. The van der Waals surface area contributed by atoms with Crippen molar-refractivity contribution in [2.45, 2.75) is 83.5 Å². The Bertz CT molecular complexity index is 1140. The third-order valence-corrected chi connectivity index (χ3v) is 7.35. The average Bonchev–Trinajstić information content (AvgIpc) is 3.61. The van der Waals surface area contributed by atoms with E-state index in [4.69, 9.17) is 0 Å². The lowest BCUT2D eigenvalue weighted by Gasteiger charge is -2.26. The molecule has 2 heterocycles. The summed E-state index contributed by atoms with van der Waals surface area (Å²) in [5, 5.41) is 32.4. The first kappa shape index (κ1) is 31.0. The van der Waals surface area contributed by atoms with Crippen molar-refractivity contribution < 1.29 is 29.4 Å². The fourth-order valence-electron chi connectivity index (χ4n) is 4.39. The summed E-state index contributed by atoms with van der Waals surface area (Å²) in [5.74, 6) is -2.63. The molecular formula is C28H39N5O6S. The second-order valence-electron chi connectivity index (χ2n) is 11.3. The zero-order valence-electron chi connectivity index (χ0n) is 23.1. The lowest BCUT2D eigenvalue weighted by atomic mass is 9.88. The van der Waals surface area contributed by atoms with Crippen LogP contribution in [-0.2, 0) is 32.0 Å². The van der Waals surface area contributed by atoms with Gasteiger partial charge in [-0.1, -0.05) is 32.9 Å². The van der Waals surface area contributed by atoms with Crippen LogP contribution in [0.25, 0.3) is 0 Å². The molecule has 12 heteroatoms. The number of aromatic nitrogens is 1. The minimum atomic E-state index is -1.15. The molecule has 1 aromatic carbocycles. The van der Waals surface area contributed by atoms with Crippen molar-refractivity contribution in [2.75, 3.05) is 6.54 Å². The Morgan fingerprint density at radius 1 is 1.02 bits per heavy atom. The minimum Gasteiger partial charge on any atom is -0.508 e. The van der Waals surface area contributed by atoms with E-state index >= 15 is 0 Å². The normalized spacial score (nSPS) is 17.4. The number of phenolic OH excluding ortho intramolecular Hbond substituents is 1. The fourth-order valence-corrected chi connectivity index (χ4v) is 4.97. The van der Waals surface area contributed by atoms with E-state index in [0.717, 1.165) is 6.42 Å². The van der Waals surface area contributed by atoms with Crippen LogP contribution in [0.5, 0.6) is 5.75 Å². The number of aromatic hydroxyl groups is 1. The number of hydrogen-bond acceptors (Lipinski definition) is 8. The van der Waals surface area contributed by atoms with Gasteiger partial charge in [0.25, 0.3) is 0 Å². The zero-order chi connectivity index (χ0) is 29.3. The van der Waals surface area contributed by atoms with E-state index in [0.29, 0.717) is 30.6 Å². The number of rotatable bonds is 13. The lowest BCUT2D eigenvalue weighted by Crippen LogP contribution is -2.58. The molecule has 3 amide bonds. The van der Waals surface area contributed by atoms with Crippen LogP contribution in [0.15, 0.2) is 35.2 Å². The summed E-state index contributed by atoms with van der Waals surface area (Å²) in [6, 6.07) is 2.63. The van der Waals surface area contributed by atoms with Crippen LogP contribution >= 0.6 is 11.3 Å². The van der Waals surface area contributed by atoms with Crippen LogP contribution < -0.4 is 21.3 Å². The molecule has 6 N–H and O–H groups in total. The summed E-state index contributed by atoms with van der Waals surface area (Å²) in [5.41, 5.74) is 2.76. The molecule has 218 valence electrons. The molecule has 1 saturated heterocycles. The van der Waals surface area contributed by atoms with E-state index < -0.39 is 42.0 Å². The molecule has 0 aliphatic carbocycles. The number of benzene rings is 1. The molecular weight excluding hydrogens is 534 g/mol. The van der Waals surface area contributed by atoms with E-state index in [1.165, 1.54) is 23.5 Å². The first-order valence-corrected chi connectivity index (χ1v) is 14.4. The Balaban J connectivity index is 1.79. The summed E-state index contributed by atoms with van der Waals surface area (Å²) in [6.07, 6.45) is 2.48. The zero-order valence-corrected chi connectivity index (χ0v) is 23.9. The number of hydrogen-bond donors (Lipinski definition) is 6. The Morgan fingerprint density at radius 2 is 1.68 bits per heavy atom. The largest absolute Gasteiger partial charge is 0.508 e. The Kier molecular flexibility index (Phi) is 11.0. The van der Waals surface area contributed by atoms with Gasteiger partial charge < -0.3 is 31.5 Å². The number of carboxylic acids is 1. The van der Waals surface area contributed by atoms with Crippen molar-refractivity contribution in [3.05, 3.63) is 46.4 Å². The SMILES string of the molecule is CC(C)(C)CCC(NC(=O)C(Cc1cscn1)NC(=O)C(Cc1ccc(O)cc1)NC(=O)[C@@H]1CCCN1)C(=O)O. The third kappa shape index (κ3) is 9.91. The standard InChI is InChI=1S/C28H39N5O6S/c1-28(2,3)11-10-21(27(38)39)31-26(37)23(14-18-15-40-16-30-18)33-25(36)22(13-17-6-8-19(34)9-7-17)32-24(35)20-5-4-12-29-20/h6-9,15-16,20-23,29,34H,4-5,10-14H2,1-3H3,(H,31,37)(H,32,35)(H,33,36)(H,38,39)/t20-,21?,22?,23?/m0/s1. The summed E-state index contributed by atoms with van der Waals surface area (Å²) in [6.45, 7) is 6.68. The maximum absolute atomic E-state index is 13.6. The summed E-state index contributed by atoms with van der Waals surface area (Å²) in [4.78, 5) is 56.0. The topological polar surface area (TPSA) is 170 Å². The lowest BCUT2D eigenvalue weighted by molar-refractivity contribution is -0.142. The van der Waals surface area contributed by atoms with Gasteiger partial charge in [0, 0.05) is 18.2 Å². The van der Waals surface area contributed by atoms with Gasteiger partial charge in [-0.15, -0.1) is 11.3 Å². The molecule has 3 rings (SSSR count). The molecule has 2 aromatic rings. The van der Waals surface area contributed by atoms with Gasteiger partial charge in [0.05, 0.1) is 17.2 Å². The molecule has 1 fully saturated rings. The van der Waals surface area contributed by atoms with Crippen molar-refractivity contribution in [3.8, 4) is 5.75 Å². The maximum atomic E-state index is 13.6. The smallest absolute Gasteiger partial charge is 0.326 e. The average molecular weight is 574 g/mol. The van der Waals surface area contributed by atoms with Crippen LogP contribution in [-0.4, -0.2) is 69.6 Å². The fraction of sp³-hybridized carbons (Fsp3) is 0.536. The highest BCUT2D eigenvalue weighted by molar-refractivity contribution is 7.07. The first-order chi connectivity index (χ1) is 18.9. The molecule has 1 aromatic heterocycles. The Morgan fingerprint density at radius 3 is 2.23 bits per heavy atom. The van der Waals surface area contributed by atoms with E-state index in [-0.39, 0.29) is 36.3 Å². The molecule has 4 atom stereocenters. The molecule has 3 unspecified atom stereocenters. The number of carbonyl (C=O) groups is 4. The van der Waals surface area contributed by atoms with Gasteiger partial charge in [-0.05, 0) is 55.3 Å². The highest BCUT2D eigenvalue weighted by Gasteiger charge is 2.32. The first-order valence-electron chi connectivity index (χ1n) is 13.4. The Labute approximate surface area is 238 Å². The molecule has 1 aliphatic heterocycles. The van der Waals surface area contributed by atoms with E-state index in [1.807, 2.05) is 20.8 Å². The highest BCUT2D eigenvalue weighted by atomic mass is 32.1. The third-order valence-electron chi connectivity index (χ3n) is 6.71. The summed E-state index contributed by atoms with van der Waals surface area (Å²) in [7, 11) is 0. The van der Waals surface area contributed by atoms with E-state index in [2.05, 4.69) is 26.3 Å². The number of amides is 3. The predicted molar refractivity (Wildman–Crippen MR) is 151 cm³/mol. The number of carboxylic acid groups (broad SMARTS) is 1. The molecule has 0 radical (unpaired) electrons. The number of thiazole rings is 1. The van der Waals surface area contributed by atoms with Gasteiger partial charge >= 0.3 is 5.97 Å². The van der Waals surface area contributed by atoms with Crippen molar-refractivity contribution in [2.24, 2.45) is 5.41 Å². The molecule has 1 aliphatic rings. The number of nitrogens with zero attached hydrogens (tertiary/aromatic N) is 1. The minimum absolute atomic E-state index is 0.0523. The van der Waals surface area contributed by atoms with Crippen LogP contribution in [0.1, 0.15) is 57.7 Å². The molecule has 0 saturated carbocycles. The number of aliphatic carboxylic acids is 1. The monoisotopic (exact) mass is 573 g/mol. The molecule has 11 nitrogen and oxygen atoms in total. The predicted octanol–water partition coefficient (Wildman–Crippen LogP) is 1.75. The number of nitrogens with one attached hydrogen (secondary N) is 4. The molecule has 40 heavy (non-hydrogen) atoms. The van der Waals surface area contributed by atoms with Crippen molar-refractivity contribution in [1.29, 1.82) is 0 Å². The van der Waals surface area contributed by atoms with Gasteiger partial charge in [-0.3, -0.25) is 14.4 Å². The van der Waals surface area contributed by atoms with Crippen LogP contribution in [0.4, 0.5) is 0 Å². The highest BCUT2D eigenvalue weighted by Crippen LogP contribution is 2.22. The summed E-state index contributed by atoms with van der Waals surface area (Å²) < 4.78 is 0. The molecule has 0 spiro atoms. The van der Waals surface area contributed by atoms with Crippen molar-refractivity contribution in [1.82, 2.24) is 26.3 Å². The maximum Gasteiger partial charge on any atom is 0.326 e. The quantitative estimate of drug-likeness (QED) is 0.211. The van der Waals surface area contributed by atoms with Crippen LogP contribution in [0.3, 0.4) is 0 Å². The molecule has 0 bridgehead atoms. The Hall–Kier alpha value is -3.51. The van der Waals surface area contributed by atoms with Gasteiger partial charge in [0.2, 0.25) is 17.7 Å². The second kappa shape index (κ2) is 14.2. The van der Waals surface area contributed by atoms with Gasteiger partial charge in [-0.2, -0.15) is 0 Å². The van der Waals surface area contributed by atoms with E-state index in [1.54, 1.807) is 23.0 Å². The van der Waals surface area contributed by atoms with Crippen LogP contribution in [0, 0.1) is 5.41 Å². The number of carbonyl (C=O) groups excluding carboxylic acids is 3.